The van der Waals surface area contributed by atoms with Crippen LogP contribution in [-0.4, -0.2) is 29.4 Å². The number of hydrogen-bond donors (Lipinski definition) is 0. The number of hydrogen-bond acceptors (Lipinski definition) is 4. The molecule has 3 aromatic rings. The van der Waals surface area contributed by atoms with Crippen molar-refractivity contribution in [2.75, 3.05) is 13.7 Å². The van der Waals surface area contributed by atoms with Crippen molar-refractivity contribution in [1.82, 2.24) is 9.88 Å². The van der Waals surface area contributed by atoms with E-state index >= 15 is 0 Å². The van der Waals surface area contributed by atoms with Crippen molar-refractivity contribution in [1.29, 1.82) is 0 Å². The van der Waals surface area contributed by atoms with Gasteiger partial charge in [-0.3, -0.25) is 9.78 Å². The summed E-state index contributed by atoms with van der Waals surface area (Å²) in [6.45, 7) is 0.871. The number of halogens is 2. The minimum Gasteiger partial charge on any atom is -0.497 e. The Kier molecular flexibility index (Phi) is 5.00. The fraction of sp³-hybridized carbons (Fsp3) is 0.304. The van der Waals surface area contributed by atoms with E-state index in [2.05, 4.69) is 27.6 Å². The summed E-state index contributed by atoms with van der Waals surface area (Å²) in [5.41, 5.74) is 3.27. The number of methoxy groups -OCH3 is 1. The van der Waals surface area contributed by atoms with Crippen molar-refractivity contribution in [3.8, 4) is 0 Å². The maximum absolute atomic E-state index is 14.3. The van der Waals surface area contributed by atoms with Crippen LogP contribution >= 0.6 is 22.6 Å². The summed E-state index contributed by atoms with van der Waals surface area (Å²) in [5.74, 6) is 0.686. The van der Waals surface area contributed by atoms with E-state index in [0.717, 1.165) is 43.8 Å². The Labute approximate surface area is 186 Å². The van der Waals surface area contributed by atoms with Gasteiger partial charge in [-0.25, -0.2) is 4.39 Å². The van der Waals surface area contributed by atoms with Crippen molar-refractivity contribution < 1.29 is 18.3 Å². The van der Waals surface area contributed by atoms with Gasteiger partial charge in [0.2, 0.25) is 5.91 Å². The zero-order valence-corrected chi connectivity index (χ0v) is 18.6. The second kappa shape index (κ2) is 7.68. The number of amides is 1. The summed E-state index contributed by atoms with van der Waals surface area (Å²) in [5, 5.41) is 1.97. The highest BCUT2D eigenvalue weighted by molar-refractivity contribution is 14.1. The molecule has 0 N–H and O–H groups in total. The molecule has 0 radical (unpaired) electrons. The van der Waals surface area contributed by atoms with Crippen LogP contribution in [0.2, 0.25) is 0 Å². The van der Waals surface area contributed by atoms with Crippen LogP contribution in [0.15, 0.2) is 41.1 Å². The zero-order chi connectivity index (χ0) is 20.8. The third-order valence-electron chi connectivity index (χ3n) is 6.02. The molecular formula is C23H20FIN2O3. The maximum atomic E-state index is 14.3. The van der Waals surface area contributed by atoms with Gasteiger partial charge in [0.15, 0.2) is 5.42 Å². The number of nitrogens with zero attached hydrogens (tertiary/aromatic N) is 2. The SMILES string of the molecule is COC1=c2oc3ccncc3c2=C(C2CC(=O)N(Cc3ccc(I)cc3F)C2)CC1. The summed E-state index contributed by atoms with van der Waals surface area (Å²) >= 11 is 2.08. The molecular weight excluding hydrogens is 498 g/mol. The Hall–Kier alpha value is -2.42. The number of furan rings is 1. The quantitative estimate of drug-likeness (QED) is 0.498. The predicted octanol–water partition coefficient (Wildman–Crippen LogP) is 3.32. The van der Waals surface area contributed by atoms with Crippen LogP contribution in [0.4, 0.5) is 4.39 Å². The average Bonchev–Trinajstić information content (AvgIpc) is 3.30. The molecule has 1 atom stereocenters. The Balaban J connectivity index is 1.54. The molecule has 2 aliphatic rings. The predicted molar refractivity (Wildman–Crippen MR) is 119 cm³/mol. The van der Waals surface area contributed by atoms with Crippen molar-refractivity contribution in [2.45, 2.75) is 25.8 Å². The topological polar surface area (TPSA) is 55.6 Å². The lowest BCUT2D eigenvalue weighted by Gasteiger charge is -2.20. The minimum absolute atomic E-state index is 0.0550. The fourth-order valence-electron chi connectivity index (χ4n) is 4.56. The molecule has 1 amide bonds. The van der Waals surface area contributed by atoms with E-state index in [9.17, 15) is 9.18 Å². The van der Waals surface area contributed by atoms with E-state index in [1.807, 2.05) is 18.3 Å². The third-order valence-corrected chi connectivity index (χ3v) is 6.69. The largest absolute Gasteiger partial charge is 0.497 e. The molecule has 7 heteroatoms. The molecule has 1 saturated heterocycles. The van der Waals surface area contributed by atoms with Gasteiger partial charge in [0.25, 0.3) is 0 Å². The Morgan fingerprint density at radius 2 is 2.20 bits per heavy atom. The van der Waals surface area contributed by atoms with Gasteiger partial charge in [-0.1, -0.05) is 11.6 Å². The summed E-state index contributed by atoms with van der Waals surface area (Å²) in [6.07, 6.45) is 5.49. The van der Waals surface area contributed by atoms with Crippen LogP contribution < -0.4 is 10.6 Å². The van der Waals surface area contributed by atoms with Gasteiger partial charge in [0.05, 0.1) is 7.11 Å². The average molecular weight is 518 g/mol. The third kappa shape index (κ3) is 3.29. The van der Waals surface area contributed by atoms with Crippen LogP contribution in [0.25, 0.3) is 22.3 Å². The number of carbonyl (C=O) groups is 1. The lowest BCUT2D eigenvalue weighted by molar-refractivity contribution is -0.128. The van der Waals surface area contributed by atoms with E-state index in [0.29, 0.717) is 25.1 Å². The molecule has 30 heavy (non-hydrogen) atoms. The number of likely N-dealkylation sites (tertiary alicyclic amines) is 1. The number of aromatic nitrogens is 1. The molecule has 1 aromatic carbocycles. The van der Waals surface area contributed by atoms with Crippen molar-refractivity contribution in [3.63, 3.8) is 0 Å². The van der Waals surface area contributed by atoms with Gasteiger partial charge in [0, 0.05) is 64.0 Å². The molecule has 0 saturated carbocycles. The summed E-state index contributed by atoms with van der Waals surface area (Å²) < 4.78 is 26.8. The first-order valence-electron chi connectivity index (χ1n) is 9.89. The first-order chi connectivity index (χ1) is 14.5. The highest BCUT2D eigenvalue weighted by Crippen LogP contribution is 2.32. The molecule has 3 heterocycles. The lowest BCUT2D eigenvalue weighted by atomic mass is 9.89. The van der Waals surface area contributed by atoms with Gasteiger partial charge in [-0.15, -0.1) is 0 Å². The summed E-state index contributed by atoms with van der Waals surface area (Å²) in [7, 11) is 1.66. The second-order valence-electron chi connectivity index (χ2n) is 7.74. The van der Waals surface area contributed by atoms with Crippen molar-refractivity contribution in [2.24, 2.45) is 5.92 Å². The van der Waals surface area contributed by atoms with Gasteiger partial charge in [-0.2, -0.15) is 0 Å². The Morgan fingerprint density at radius 1 is 1.33 bits per heavy atom. The molecule has 5 rings (SSSR count). The van der Waals surface area contributed by atoms with Crippen molar-refractivity contribution >= 4 is 50.8 Å². The molecule has 5 nitrogen and oxygen atoms in total. The number of rotatable bonds is 4. The molecule has 0 spiro atoms. The second-order valence-corrected chi connectivity index (χ2v) is 8.99. The number of benzene rings is 1. The highest BCUT2D eigenvalue weighted by Gasteiger charge is 2.34. The van der Waals surface area contributed by atoms with Gasteiger partial charge in [-0.05, 0) is 47.2 Å². The summed E-state index contributed by atoms with van der Waals surface area (Å²) in [6, 6.07) is 6.98. The normalized spacial score (nSPS) is 19.0. The molecule has 154 valence electrons. The minimum atomic E-state index is -0.267. The smallest absolute Gasteiger partial charge is 0.223 e. The molecule has 1 aliphatic carbocycles. The molecule has 1 unspecified atom stereocenters. The number of pyridine rings is 1. The van der Waals surface area contributed by atoms with Gasteiger partial charge >= 0.3 is 0 Å². The van der Waals surface area contributed by atoms with E-state index in [1.165, 1.54) is 11.6 Å². The first kappa shape index (κ1) is 19.5. The maximum Gasteiger partial charge on any atom is 0.223 e. The Morgan fingerprint density at radius 3 is 3.00 bits per heavy atom. The molecule has 1 aliphatic heterocycles. The Bertz CT molecular complexity index is 1280. The van der Waals surface area contributed by atoms with Crippen LogP contribution in [0.5, 0.6) is 0 Å². The standard InChI is InChI=1S/C23H20FIN2O3/c1-29-20-5-4-16(22-17-10-26-7-6-19(17)30-23(20)22)14-8-21(28)27(12-14)11-13-2-3-15(25)9-18(13)24/h2-3,6-7,9-10,14H,4-5,8,11-12H2,1H3. The molecule has 0 bridgehead atoms. The van der Waals surface area contributed by atoms with Crippen LogP contribution in [0.3, 0.4) is 0 Å². The van der Waals surface area contributed by atoms with E-state index in [1.54, 1.807) is 24.3 Å². The first-order valence-corrected chi connectivity index (χ1v) is 11.0. The lowest BCUT2D eigenvalue weighted by Crippen LogP contribution is -2.33. The van der Waals surface area contributed by atoms with Crippen LogP contribution in [0.1, 0.15) is 24.8 Å². The molecule has 1 fully saturated rings. The van der Waals surface area contributed by atoms with E-state index in [4.69, 9.17) is 9.15 Å². The zero-order valence-electron chi connectivity index (χ0n) is 16.5. The van der Waals surface area contributed by atoms with Gasteiger partial charge in [0.1, 0.15) is 17.2 Å². The van der Waals surface area contributed by atoms with Crippen LogP contribution in [-0.2, 0) is 16.1 Å². The van der Waals surface area contributed by atoms with Crippen molar-refractivity contribution in [3.05, 3.63) is 62.2 Å². The van der Waals surface area contributed by atoms with Crippen LogP contribution in [0, 0.1) is 15.3 Å². The van der Waals surface area contributed by atoms with E-state index < -0.39 is 0 Å². The van der Waals surface area contributed by atoms with E-state index in [-0.39, 0.29) is 17.6 Å². The monoisotopic (exact) mass is 518 g/mol. The van der Waals surface area contributed by atoms with Gasteiger partial charge < -0.3 is 14.1 Å². The highest BCUT2D eigenvalue weighted by atomic mass is 127. The number of ether oxygens (including phenoxy) is 1. The molecule has 2 aromatic heterocycles. The number of fused-ring (bicyclic) bond motifs is 3. The summed E-state index contributed by atoms with van der Waals surface area (Å²) in [4.78, 5) is 18.8. The fourth-order valence-corrected chi connectivity index (χ4v) is 5.01. The number of carbonyl (C=O) groups excluding carboxylic acids is 1.